The van der Waals surface area contributed by atoms with Gasteiger partial charge in [0.2, 0.25) is 5.82 Å². The molecule has 0 aliphatic carbocycles. The molecule has 0 unspecified atom stereocenters. The van der Waals surface area contributed by atoms with Gasteiger partial charge < -0.3 is 20.1 Å². The number of nitrogens with zero attached hydrogens (tertiary/aromatic N) is 4. The predicted molar refractivity (Wildman–Crippen MR) is 114 cm³/mol. The third-order valence-corrected chi connectivity index (χ3v) is 5.22. The molecule has 0 fully saturated rings. The molecule has 0 spiro atoms. The maximum absolute atomic E-state index is 12.1. The summed E-state index contributed by atoms with van der Waals surface area (Å²) in [4.78, 5) is 12.1. The summed E-state index contributed by atoms with van der Waals surface area (Å²) in [5, 5.41) is 19.9. The number of hydrogen-bond acceptors (Lipinski definition) is 5. The number of aromatic hydroxyl groups is 1. The number of aryl methyl sites for hydroxylation is 1. The normalized spacial score (nSPS) is 11.4. The van der Waals surface area contributed by atoms with Gasteiger partial charge in [0.25, 0.3) is 5.91 Å². The summed E-state index contributed by atoms with van der Waals surface area (Å²) in [5.74, 6) is 0.300. The number of ether oxygens (including phenoxy) is 1. The third kappa shape index (κ3) is 3.06. The average molecular weight is 405 g/mol. The van der Waals surface area contributed by atoms with Crippen molar-refractivity contribution in [1.29, 1.82) is 0 Å². The zero-order valence-electron chi connectivity index (χ0n) is 17.2. The summed E-state index contributed by atoms with van der Waals surface area (Å²) < 4.78 is 8.98. The van der Waals surface area contributed by atoms with Gasteiger partial charge >= 0.3 is 0 Å². The first-order valence-corrected chi connectivity index (χ1v) is 9.53. The number of phenols is 1. The lowest BCUT2D eigenvalue weighted by molar-refractivity contribution is 0.0988. The number of carbonyl (C=O) groups excluding carboxylic acids is 1. The van der Waals surface area contributed by atoms with Crippen LogP contribution in [0.2, 0.25) is 0 Å². The van der Waals surface area contributed by atoms with Crippen LogP contribution in [-0.4, -0.2) is 37.5 Å². The number of methoxy groups -OCH3 is 1. The molecule has 2 aromatic heterocycles. The number of rotatable bonds is 5. The van der Waals surface area contributed by atoms with Crippen LogP contribution < -0.4 is 10.5 Å². The van der Waals surface area contributed by atoms with Crippen molar-refractivity contribution in [3.63, 3.8) is 0 Å². The van der Waals surface area contributed by atoms with Crippen LogP contribution in [0.1, 0.15) is 35.9 Å². The molecular formula is C22H23N5O3. The standard InChI is InChI=1S/C22H23N5O3/c1-12(2)15-10-16(18(28)11-19(15)30-4)21-24-25-22(20(23)29)27(21)14-5-6-17-13(9-14)7-8-26(17)3/h5-12,28H,1-4H3,(H2,23,29). The Labute approximate surface area is 173 Å². The van der Waals surface area contributed by atoms with Crippen LogP contribution in [0.25, 0.3) is 28.0 Å². The first-order chi connectivity index (χ1) is 14.3. The summed E-state index contributed by atoms with van der Waals surface area (Å²) in [7, 11) is 3.52. The van der Waals surface area contributed by atoms with Crippen LogP contribution >= 0.6 is 0 Å². The highest BCUT2D eigenvalue weighted by molar-refractivity contribution is 5.91. The monoisotopic (exact) mass is 405 g/mol. The number of phenolic OH excluding ortho intramolecular Hbond substituents is 1. The average Bonchev–Trinajstić information content (AvgIpc) is 3.31. The number of hydrogen-bond donors (Lipinski definition) is 2. The van der Waals surface area contributed by atoms with Gasteiger partial charge in [0.1, 0.15) is 11.5 Å². The van der Waals surface area contributed by atoms with Crippen molar-refractivity contribution >= 4 is 16.8 Å². The highest BCUT2D eigenvalue weighted by Gasteiger charge is 2.23. The van der Waals surface area contributed by atoms with Crippen molar-refractivity contribution in [1.82, 2.24) is 19.3 Å². The number of carbonyl (C=O) groups is 1. The summed E-state index contributed by atoms with van der Waals surface area (Å²) in [6.07, 6.45) is 1.96. The second kappa shape index (κ2) is 7.22. The van der Waals surface area contributed by atoms with Crippen molar-refractivity contribution in [3.8, 4) is 28.6 Å². The van der Waals surface area contributed by atoms with E-state index >= 15 is 0 Å². The molecular weight excluding hydrogens is 382 g/mol. The summed E-state index contributed by atoms with van der Waals surface area (Å²) in [5.41, 5.74) is 8.63. The molecule has 0 aliphatic rings. The smallest absolute Gasteiger partial charge is 0.287 e. The SMILES string of the molecule is COc1cc(O)c(-c2nnc(C(N)=O)n2-c2ccc3c(ccn3C)c2)cc1C(C)C. The summed E-state index contributed by atoms with van der Waals surface area (Å²) >= 11 is 0. The van der Waals surface area contributed by atoms with E-state index in [4.69, 9.17) is 10.5 Å². The van der Waals surface area contributed by atoms with Crippen molar-refractivity contribution in [2.75, 3.05) is 7.11 Å². The summed E-state index contributed by atoms with van der Waals surface area (Å²) in [6, 6.07) is 11.1. The fraction of sp³-hybridized carbons (Fsp3) is 0.227. The molecule has 4 aromatic rings. The Morgan fingerprint density at radius 3 is 2.60 bits per heavy atom. The quantitative estimate of drug-likeness (QED) is 0.529. The van der Waals surface area contributed by atoms with E-state index in [2.05, 4.69) is 10.2 Å². The van der Waals surface area contributed by atoms with Crippen LogP contribution in [0.3, 0.4) is 0 Å². The molecule has 1 amide bonds. The van der Waals surface area contributed by atoms with Gasteiger partial charge in [0, 0.05) is 30.2 Å². The topological polar surface area (TPSA) is 108 Å². The zero-order valence-corrected chi connectivity index (χ0v) is 17.2. The van der Waals surface area contributed by atoms with Gasteiger partial charge in [-0.1, -0.05) is 13.8 Å². The van der Waals surface area contributed by atoms with Crippen molar-refractivity contribution in [3.05, 3.63) is 54.0 Å². The fourth-order valence-electron chi connectivity index (χ4n) is 3.66. The van der Waals surface area contributed by atoms with Gasteiger partial charge in [-0.25, -0.2) is 0 Å². The summed E-state index contributed by atoms with van der Waals surface area (Å²) in [6.45, 7) is 4.06. The molecule has 8 heteroatoms. The van der Waals surface area contributed by atoms with E-state index in [1.165, 1.54) is 0 Å². The minimum Gasteiger partial charge on any atom is -0.507 e. The molecule has 30 heavy (non-hydrogen) atoms. The third-order valence-electron chi connectivity index (χ3n) is 5.22. The van der Waals surface area contributed by atoms with Gasteiger partial charge in [-0.05, 0) is 41.8 Å². The molecule has 0 radical (unpaired) electrons. The molecule has 0 aliphatic heterocycles. The second-order valence-electron chi connectivity index (χ2n) is 7.48. The van der Waals surface area contributed by atoms with Gasteiger partial charge in [-0.2, -0.15) is 0 Å². The van der Waals surface area contributed by atoms with Gasteiger partial charge in [0.05, 0.1) is 18.4 Å². The highest BCUT2D eigenvalue weighted by Crippen LogP contribution is 2.38. The molecule has 3 N–H and O–H groups in total. The first-order valence-electron chi connectivity index (χ1n) is 9.53. The molecule has 2 heterocycles. The van der Waals surface area contributed by atoms with E-state index in [0.717, 1.165) is 16.5 Å². The van der Waals surface area contributed by atoms with Crippen LogP contribution in [0, 0.1) is 0 Å². The van der Waals surface area contributed by atoms with E-state index in [-0.39, 0.29) is 17.5 Å². The zero-order chi connectivity index (χ0) is 21.6. The number of amides is 1. The number of benzene rings is 2. The molecule has 2 aromatic carbocycles. The minimum absolute atomic E-state index is 0.0124. The van der Waals surface area contributed by atoms with Crippen LogP contribution in [-0.2, 0) is 7.05 Å². The molecule has 0 bridgehead atoms. The maximum Gasteiger partial charge on any atom is 0.287 e. The predicted octanol–water partition coefficient (Wildman–Crippen LogP) is 3.36. The van der Waals surface area contributed by atoms with Gasteiger partial charge in [-0.15, -0.1) is 10.2 Å². The minimum atomic E-state index is -0.709. The van der Waals surface area contributed by atoms with Crippen molar-refractivity contribution < 1.29 is 14.6 Å². The largest absolute Gasteiger partial charge is 0.507 e. The number of aromatic nitrogens is 4. The Bertz CT molecular complexity index is 1270. The fourth-order valence-corrected chi connectivity index (χ4v) is 3.66. The Morgan fingerprint density at radius 1 is 1.17 bits per heavy atom. The van der Waals surface area contributed by atoms with Crippen molar-refractivity contribution in [2.24, 2.45) is 12.8 Å². The number of primary amides is 1. The Hall–Kier alpha value is -3.81. The number of fused-ring (bicyclic) bond motifs is 1. The van der Waals surface area contributed by atoms with E-state index in [1.54, 1.807) is 17.7 Å². The molecule has 8 nitrogen and oxygen atoms in total. The lowest BCUT2D eigenvalue weighted by Gasteiger charge is -2.16. The number of nitrogens with two attached hydrogens (primary N) is 1. The van der Waals surface area contributed by atoms with Crippen LogP contribution in [0.5, 0.6) is 11.5 Å². The van der Waals surface area contributed by atoms with E-state index in [0.29, 0.717) is 22.8 Å². The Morgan fingerprint density at radius 2 is 1.93 bits per heavy atom. The molecule has 4 rings (SSSR count). The van der Waals surface area contributed by atoms with Crippen LogP contribution in [0.15, 0.2) is 42.6 Å². The van der Waals surface area contributed by atoms with E-state index in [1.807, 2.05) is 62.0 Å². The Kier molecular flexibility index (Phi) is 4.69. The van der Waals surface area contributed by atoms with E-state index in [9.17, 15) is 9.90 Å². The second-order valence-corrected chi connectivity index (χ2v) is 7.48. The van der Waals surface area contributed by atoms with E-state index < -0.39 is 5.91 Å². The molecule has 154 valence electrons. The molecule has 0 saturated carbocycles. The lowest BCUT2D eigenvalue weighted by Crippen LogP contribution is -2.18. The maximum atomic E-state index is 12.1. The van der Waals surface area contributed by atoms with Crippen LogP contribution in [0.4, 0.5) is 0 Å². The lowest BCUT2D eigenvalue weighted by atomic mass is 9.98. The Balaban J connectivity index is 1.98. The molecule has 0 atom stereocenters. The van der Waals surface area contributed by atoms with Crippen molar-refractivity contribution in [2.45, 2.75) is 19.8 Å². The van der Waals surface area contributed by atoms with Gasteiger partial charge in [-0.3, -0.25) is 9.36 Å². The van der Waals surface area contributed by atoms with Gasteiger partial charge in [0.15, 0.2) is 5.82 Å². The first kappa shape index (κ1) is 19.5. The highest BCUT2D eigenvalue weighted by atomic mass is 16.5. The molecule has 0 saturated heterocycles.